The molecule has 84 valence electrons. The Morgan fingerprint density at radius 2 is 1.93 bits per heavy atom. The Morgan fingerprint density at radius 1 is 1.29 bits per heavy atom. The molecule has 0 saturated heterocycles. The van der Waals surface area contributed by atoms with Crippen molar-refractivity contribution in [1.29, 1.82) is 0 Å². The van der Waals surface area contributed by atoms with Gasteiger partial charge >= 0.3 is 0 Å². The van der Waals surface area contributed by atoms with E-state index in [1.807, 2.05) is 0 Å². The van der Waals surface area contributed by atoms with Crippen LogP contribution in [0.15, 0.2) is 0 Å². The van der Waals surface area contributed by atoms with Crippen molar-refractivity contribution in [3.05, 3.63) is 0 Å². The van der Waals surface area contributed by atoms with Crippen LogP contribution in [0.3, 0.4) is 0 Å². The summed E-state index contributed by atoms with van der Waals surface area (Å²) >= 11 is 0. The Hall–Kier alpha value is -0.0800. The zero-order chi connectivity index (χ0) is 10.4. The molecule has 1 fully saturated rings. The Balaban J connectivity index is 2.15. The summed E-state index contributed by atoms with van der Waals surface area (Å²) in [7, 11) is 2.25. The lowest BCUT2D eigenvalue weighted by atomic mass is 9.88. The maximum atomic E-state index is 3.37. The smallest absolute Gasteiger partial charge is 0.0104 e. The van der Waals surface area contributed by atoms with Crippen LogP contribution in [0.5, 0.6) is 0 Å². The van der Waals surface area contributed by atoms with Gasteiger partial charge in [-0.05, 0) is 31.8 Å². The third-order valence-electron chi connectivity index (χ3n) is 3.38. The van der Waals surface area contributed by atoms with Crippen molar-refractivity contribution >= 4 is 0 Å². The summed E-state index contributed by atoms with van der Waals surface area (Å²) in [5.74, 6) is 0. The van der Waals surface area contributed by atoms with Gasteiger partial charge in [-0.25, -0.2) is 0 Å². The summed E-state index contributed by atoms with van der Waals surface area (Å²) in [6.07, 6.45) is 5.74. The van der Waals surface area contributed by atoms with Crippen LogP contribution in [-0.4, -0.2) is 38.1 Å². The van der Waals surface area contributed by atoms with Gasteiger partial charge in [0.15, 0.2) is 0 Å². The number of hydrogen-bond donors (Lipinski definition) is 1. The molecule has 0 aliphatic heterocycles. The topological polar surface area (TPSA) is 15.3 Å². The van der Waals surface area contributed by atoms with E-state index in [0.717, 1.165) is 13.1 Å². The first-order valence-electron chi connectivity index (χ1n) is 6.05. The molecular formula is C12H26N2. The van der Waals surface area contributed by atoms with Crippen molar-refractivity contribution in [3.63, 3.8) is 0 Å². The van der Waals surface area contributed by atoms with E-state index >= 15 is 0 Å². The maximum Gasteiger partial charge on any atom is 0.0104 e. The lowest BCUT2D eigenvalue weighted by Gasteiger charge is -2.29. The monoisotopic (exact) mass is 198 g/mol. The molecule has 0 amide bonds. The quantitative estimate of drug-likeness (QED) is 0.658. The van der Waals surface area contributed by atoms with Crippen molar-refractivity contribution < 1.29 is 0 Å². The first-order valence-corrected chi connectivity index (χ1v) is 6.05. The van der Waals surface area contributed by atoms with Crippen molar-refractivity contribution in [2.75, 3.05) is 33.2 Å². The first-order chi connectivity index (χ1) is 6.66. The fraction of sp³-hybridized carbons (Fsp3) is 1.00. The number of nitrogens with one attached hydrogen (secondary N) is 1. The molecule has 0 radical (unpaired) electrons. The molecule has 0 bridgehead atoms. The molecular weight excluding hydrogens is 172 g/mol. The van der Waals surface area contributed by atoms with E-state index in [2.05, 4.69) is 31.1 Å². The minimum absolute atomic E-state index is 0.612. The van der Waals surface area contributed by atoms with E-state index in [1.165, 1.54) is 38.8 Å². The van der Waals surface area contributed by atoms with Crippen molar-refractivity contribution in [1.82, 2.24) is 10.2 Å². The van der Waals surface area contributed by atoms with Crippen LogP contribution < -0.4 is 5.32 Å². The van der Waals surface area contributed by atoms with Gasteiger partial charge in [-0.1, -0.05) is 26.7 Å². The Kier molecular flexibility index (Phi) is 4.90. The van der Waals surface area contributed by atoms with Gasteiger partial charge in [-0.3, -0.25) is 0 Å². The number of hydrogen-bond acceptors (Lipinski definition) is 2. The fourth-order valence-corrected chi connectivity index (χ4v) is 2.56. The SMILES string of the molecule is CCNCCN(C)CC1(C)CCCC1. The molecule has 1 aliphatic rings. The highest BCUT2D eigenvalue weighted by Gasteiger charge is 2.29. The van der Waals surface area contributed by atoms with Crippen molar-refractivity contribution in [2.24, 2.45) is 5.41 Å². The molecule has 0 heterocycles. The van der Waals surface area contributed by atoms with Gasteiger partial charge in [0.25, 0.3) is 0 Å². The molecule has 0 aromatic heterocycles. The summed E-state index contributed by atoms with van der Waals surface area (Å²) in [6, 6.07) is 0. The van der Waals surface area contributed by atoms with Crippen LogP contribution in [-0.2, 0) is 0 Å². The van der Waals surface area contributed by atoms with Gasteiger partial charge in [0.05, 0.1) is 0 Å². The molecule has 14 heavy (non-hydrogen) atoms. The van der Waals surface area contributed by atoms with E-state index in [4.69, 9.17) is 0 Å². The average molecular weight is 198 g/mol. The van der Waals surface area contributed by atoms with E-state index in [0.29, 0.717) is 5.41 Å². The maximum absolute atomic E-state index is 3.37. The zero-order valence-corrected chi connectivity index (χ0v) is 10.1. The minimum Gasteiger partial charge on any atom is -0.316 e. The standard InChI is InChI=1S/C12H26N2/c1-4-13-9-10-14(3)11-12(2)7-5-6-8-12/h13H,4-11H2,1-3H3. The van der Waals surface area contributed by atoms with Crippen LogP contribution in [0.1, 0.15) is 39.5 Å². The van der Waals surface area contributed by atoms with E-state index in [-0.39, 0.29) is 0 Å². The highest BCUT2D eigenvalue weighted by molar-refractivity contribution is 4.82. The number of nitrogens with zero attached hydrogens (tertiary/aromatic N) is 1. The molecule has 2 heteroatoms. The van der Waals surface area contributed by atoms with E-state index in [9.17, 15) is 0 Å². The highest BCUT2D eigenvalue weighted by atomic mass is 15.1. The summed E-state index contributed by atoms with van der Waals surface area (Å²) < 4.78 is 0. The van der Waals surface area contributed by atoms with E-state index < -0.39 is 0 Å². The average Bonchev–Trinajstić information content (AvgIpc) is 2.52. The molecule has 1 saturated carbocycles. The predicted octanol–water partition coefficient (Wildman–Crippen LogP) is 2.11. The number of rotatable bonds is 6. The molecule has 0 spiro atoms. The first kappa shape index (κ1) is 12.0. The van der Waals surface area contributed by atoms with Gasteiger partial charge in [0.1, 0.15) is 0 Å². The van der Waals surface area contributed by atoms with Crippen LogP contribution >= 0.6 is 0 Å². The largest absolute Gasteiger partial charge is 0.316 e. The summed E-state index contributed by atoms with van der Waals surface area (Å²) in [4.78, 5) is 2.48. The fourth-order valence-electron chi connectivity index (χ4n) is 2.56. The third kappa shape index (κ3) is 3.97. The summed E-state index contributed by atoms with van der Waals surface area (Å²) in [6.45, 7) is 9.29. The molecule has 0 aromatic carbocycles. The van der Waals surface area contributed by atoms with Crippen LogP contribution in [0.2, 0.25) is 0 Å². The van der Waals surface area contributed by atoms with Gasteiger partial charge < -0.3 is 10.2 Å². The molecule has 0 aromatic rings. The van der Waals surface area contributed by atoms with Crippen molar-refractivity contribution in [2.45, 2.75) is 39.5 Å². The Bertz CT molecular complexity index is 150. The molecule has 1 N–H and O–H groups in total. The second-order valence-electron chi connectivity index (χ2n) is 5.11. The second-order valence-corrected chi connectivity index (χ2v) is 5.11. The van der Waals surface area contributed by atoms with Gasteiger partial charge in [0.2, 0.25) is 0 Å². The molecule has 0 atom stereocenters. The Morgan fingerprint density at radius 3 is 2.50 bits per heavy atom. The third-order valence-corrected chi connectivity index (χ3v) is 3.38. The van der Waals surface area contributed by atoms with Gasteiger partial charge in [-0.15, -0.1) is 0 Å². The molecule has 0 unspecified atom stereocenters. The summed E-state index contributed by atoms with van der Waals surface area (Å²) in [5, 5.41) is 3.37. The normalized spacial score (nSPS) is 20.6. The van der Waals surface area contributed by atoms with Crippen LogP contribution in [0.25, 0.3) is 0 Å². The second kappa shape index (κ2) is 5.72. The van der Waals surface area contributed by atoms with Crippen LogP contribution in [0, 0.1) is 5.41 Å². The van der Waals surface area contributed by atoms with E-state index in [1.54, 1.807) is 0 Å². The lowest BCUT2D eigenvalue weighted by Crippen LogP contribution is -2.36. The zero-order valence-electron chi connectivity index (χ0n) is 10.1. The van der Waals surface area contributed by atoms with Gasteiger partial charge in [-0.2, -0.15) is 0 Å². The molecule has 2 nitrogen and oxygen atoms in total. The molecule has 1 rings (SSSR count). The van der Waals surface area contributed by atoms with Crippen molar-refractivity contribution in [3.8, 4) is 0 Å². The van der Waals surface area contributed by atoms with Gasteiger partial charge in [0, 0.05) is 19.6 Å². The highest BCUT2D eigenvalue weighted by Crippen LogP contribution is 2.37. The lowest BCUT2D eigenvalue weighted by molar-refractivity contribution is 0.197. The molecule has 1 aliphatic carbocycles. The van der Waals surface area contributed by atoms with Crippen LogP contribution in [0.4, 0.5) is 0 Å². The number of likely N-dealkylation sites (N-methyl/N-ethyl adjacent to an activating group) is 2. The Labute approximate surface area is 89.1 Å². The predicted molar refractivity (Wildman–Crippen MR) is 62.6 cm³/mol. The minimum atomic E-state index is 0.612. The summed E-state index contributed by atoms with van der Waals surface area (Å²) in [5.41, 5.74) is 0.612.